The lowest BCUT2D eigenvalue weighted by Gasteiger charge is -2.11. The third-order valence-corrected chi connectivity index (χ3v) is 2.79. The molecule has 0 saturated heterocycles. The molecule has 0 bridgehead atoms. The fourth-order valence-corrected chi connectivity index (χ4v) is 1.82. The Kier molecular flexibility index (Phi) is 3.56. The summed E-state index contributed by atoms with van der Waals surface area (Å²) in [6.07, 6.45) is 4.38. The molecule has 1 unspecified atom stereocenters. The molecule has 0 fully saturated rings. The van der Waals surface area contributed by atoms with Crippen LogP contribution >= 0.6 is 0 Å². The zero-order chi connectivity index (χ0) is 12.3. The Morgan fingerprint density at radius 2 is 2.24 bits per heavy atom. The first-order valence-corrected chi connectivity index (χ1v) is 5.66. The minimum atomic E-state index is -0.114. The van der Waals surface area contributed by atoms with E-state index in [0.29, 0.717) is 6.42 Å². The number of aryl methyl sites for hydroxylation is 1. The average Bonchev–Trinajstić information content (AvgIpc) is 2.76. The van der Waals surface area contributed by atoms with Crippen molar-refractivity contribution in [2.45, 2.75) is 12.5 Å². The molecule has 1 heterocycles. The molecule has 1 atom stereocenters. The molecule has 17 heavy (non-hydrogen) atoms. The van der Waals surface area contributed by atoms with Crippen LogP contribution in [0.2, 0.25) is 0 Å². The summed E-state index contributed by atoms with van der Waals surface area (Å²) >= 11 is 0. The third-order valence-electron chi connectivity index (χ3n) is 2.79. The number of nitrogens with two attached hydrogens (primary N) is 1. The summed E-state index contributed by atoms with van der Waals surface area (Å²) in [5.41, 5.74) is 9.19. The molecule has 4 heteroatoms. The molecule has 0 aliphatic heterocycles. The van der Waals surface area contributed by atoms with Crippen LogP contribution in [0.3, 0.4) is 0 Å². The van der Waals surface area contributed by atoms with E-state index in [0.717, 1.165) is 16.7 Å². The smallest absolute Gasteiger partial charge is 0.0568 e. The molecule has 90 valence electrons. The van der Waals surface area contributed by atoms with Gasteiger partial charge in [0.1, 0.15) is 0 Å². The van der Waals surface area contributed by atoms with Gasteiger partial charge in [-0.2, -0.15) is 5.10 Å². The fraction of sp³-hybridized carbons (Fsp3) is 0.308. The van der Waals surface area contributed by atoms with Crippen molar-refractivity contribution in [3.8, 4) is 11.1 Å². The van der Waals surface area contributed by atoms with Gasteiger partial charge in [0.25, 0.3) is 0 Å². The Bertz CT molecular complexity index is 493. The van der Waals surface area contributed by atoms with E-state index in [1.165, 1.54) is 0 Å². The third kappa shape index (κ3) is 2.72. The van der Waals surface area contributed by atoms with Gasteiger partial charge in [0, 0.05) is 31.5 Å². The van der Waals surface area contributed by atoms with E-state index in [2.05, 4.69) is 11.2 Å². The van der Waals surface area contributed by atoms with E-state index >= 15 is 0 Å². The van der Waals surface area contributed by atoms with Crippen molar-refractivity contribution in [2.24, 2.45) is 12.8 Å². The van der Waals surface area contributed by atoms with Crippen LogP contribution in [0.5, 0.6) is 0 Å². The van der Waals surface area contributed by atoms with Gasteiger partial charge in [0.15, 0.2) is 0 Å². The van der Waals surface area contributed by atoms with E-state index in [1.54, 1.807) is 4.68 Å². The normalized spacial score (nSPS) is 12.6. The fourth-order valence-electron chi connectivity index (χ4n) is 1.82. The van der Waals surface area contributed by atoms with E-state index < -0.39 is 0 Å². The first-order chi connectivity index (χ1) is 8.20. The van der Waals surface area contributed by atoms with E-state index in [1.807, 2.05) is 37.6 Å². The van der Waals surface area contributed by atoms with Crippen molar-refractivity contribution < 1.29 is 5.11 Å². The van der Waals surface area contributed by atoms with Gasteiger partial charge in [-0.1, -0.05) is 18.2 Å². The second-order valence-electron chi connectivity index (χ2n) is 4.15. The van der Waals surface area contributed by atoms with E-state index in [-0.39, 0.29) is 12.6 Å². The molecule has 0 radical (unpaired) electrons. The number of rotatable bonds is 4. The van der Waals surface area contributed by atoms with Gasteiger partial charge in [-0.3, -0.25) is 4.68 Å². The molecule has 3 N–H and O–H groups in total. The number of aromatic nitrogens is 2. The highest BCUT2D eigenvalue weighted by Gasteiger charge is 2.07. The Morgan fingerprint density at radius 1 is 1.41 bits per heavy atom. The maximum absolute atomic E-state index is 8.89. The molecule has 0 saturated carbocycles. The van der Waals surface area contributed by atoms with Crippen molar-refractivity contribution in [1.82, 2.24) is 9.78 Å². The van der Waals surface area contributed by atoms with Crippen LogP contribution in [0, 0.1) is 0 Å². The molecular weight excluding hydrogens is 214 g/mol. The summed E-state index contributed by atoms with van der Waals surface area (Å²) in [6, 6.07) is 7.94. The van der Waals surface area contributed by atoms with E-state index in [4.69, 9.17) is 10.8 Å². The maximum atomic E-state index is 8.89. The topological polar surface area (TPSA) is 64.1 Å². The Morgan fingerprint density at radius 3 is 2.88 bits per heavy atom. The number of nitrogens with zero attached hydrogens (tertiary/aromatic N) is 2. The van der Waals surface area contributed by atoms with Crippen LogP contribution in [0.4, 0.5) is 0 Å². The van der Waals surface area contributed by atoms with Crippen molar-refractivity contribution in [2.75, 3.05) is 6.61 Å². The first kappa shape index (κ1) is 11.8. The predicted octanol–water partition coefficient (Wildman–Crippen LogP) is 1.47. The summed E-state index contributed by atoms with van der Waals surface area (Å²) < 4.78 is 1.77. The Balaban J connectivity index is 2.28. The lowest BCUT2D eigenvalue weighted by atomic mass is 10.0. The summed E-state index contributed by atoms with van der Waals surface area (Å²) in [5, 5.41) is 13.0. The molecule has 0 spiro atoms. The van der Waals surface area contributed by atoms with Gasteiger partial charge in [0.05, 0.1) is 6.20 Å². The lowest BCUT2D eigenvalue weighted by Crippen LogP contribution is -2.11. The van der Waals surface area contributed by atoms with Crippen LogP contribution < -0.4 is 5.73 Å². The van der Waals surface area contributed by atoms with Crippen LogP contribution in [0.15, 0.2) is 36.7 Å². The molecule has 1 aromatic heterocycles. The summed E-state index contributed by atoms with van der Waals surface area (Å²) in [5.74, 6) is 0. The number of benzene rings is 1. The van der Waals surface area contributed by atoms with Crippen LogP contribution in [-0.2, 0) is 7.05 Å². The summed E-state index contributed by atoms with van der Waals surface area (Å²) in [6.45, 7) is 0.109. The van der Waals surface area contributed by atoms with Gasteiger partial charge in [-0.05, 0) is 23.6 Å². The highest BCUT2D eigenvalue weighted by atomic mass is 16.3. The van der Waals surface area contributed by atoms with Crippen molar-refractivity contribution >= 4 is 0 Å². The molecule has 0 aliphatic rings. The minimum Gasteiger partial charge on any atom is -0.396 e. The first-order valence-electron chi connectivity index (χ1n) is 5.66. The van der Waals surface area contributed by atoms with Crippen LogP contribution in [0.25, 0.3) is 11.1 Å². The quantitative estimate of drug-likeness (QED) is 0.837. The number of hydrogen-bond acceptors (Lipinski definition) is 3. The van der Waals surface area contributed by atoms with Crippen LogP contribution in [-0.4, -0.2) is 21.5 Å². The minimum absolute atomic E-state index is 0.109. The molecule has 1 aromatic carbocycles. The highest BCUT2D eigenvalue weighted by molar-refractivity contribution is 5.62. The average molecular weight is 231 g/mol. The summed E-state index contributed by atoms with van der Waals surface area (Å²) in [4.78, 5) is 0. The van der Waals surface area contributed by atoms with Gasteiger partial charge < -0.3 is 10.8 Å². The standard InChI is InChI=1S/C13H17N3O/c1-16-9-12(8-15-16)10-3-2-4-11(7-10)13(14)5-6-17/h2-4,7-9,13,17H,5-6,14H2,1H3. The molecule has 2 aromatic rings. The zero-order valence-corrected chi connectivity index (χ0v) is 9.87. The second-order valence-corrected chi connectivity index (χ2v) is 4.15. The Hall–Kier alpha value is -1.65. The van der Waals surface area contributed by atoms with Gasteiger partial charge in [0.2, 0.25) is 0 Å². The molecular formula is C13H17N3O. The van der Waals surface area contributed by atoms with Crippen molar-refractivity contribution in [3.63, 3.8) is 0 Å². The van der Waals surface area contributed by atoms with E-state index in [9.17, 15) is 0 Å². The van der Waals surface area contributed by atoms with Gasteiger partial charge in [-0.15, -0.1) is 0 Å². The molecule has 0 amide bonds. The maximum Gasteiger partial charge on any atom is 0.0568 e. The Labute approximate surface area is 101 Å². The largest absolute Gasteiger partial charge is 0.396 e. The van der Waals surface area contributed by atoms with Crippen molar-refractivity contribution in [3.05, 3.63) is 42.2 Å². The number of aliphatic hydroxyl groups is 1. The molecule has 4 nitrogen and oxygen atoms in total. The highest BCUT2D eigenvalue weighted by Crippen LogP contribution is 2.22. The van der Waals surface area contributed by atoms with Gasteiger partial charge >= 0.3 is 0 Å². The number of hydrogen-bond donors (Lipinski definition) is 2. The number of aliphatic hydroxyl groups excluding tert-OH is 1. The summed E-state index contributed by atoms with van der Waals surface area (Å²) in [7, 11) is 1.89. The molecule has 2 rings (SSSR count). The van der Waals surface area contributed by atoms with Gasteiger partial charge in [-0.25, -0.2) is 0 Å². The zero-order valence-electron chi connectivity index (χ0n) is 9.87. The second kappa shape index (κ2) is 5.12. The SMILES string of the molecule is Cn1cc(-c2cccc(C(N)CCO)c2)cn1. The van der Waals surface area contributed by atoms with Crippen molar-refractivity contribution in [1.29, 1.82) is 0 Å². The lowest BCUT2D eigenvalue weighted by molar-refractivity contribution is 0.276. The predicted molar refractivity (Wildman–Crippen MR) is 67.3 cm³/mol. The monoisotopic (exact) mass is 231 g/mol. The molecule has 0 aliphatic carbocycles. The van der Waals surface area contributed by atoms with Crippen LogP contribution in [0.1, 0.15) is 18.0 Å².